The van der Waals surface area contributed by atoms with Gasteiger partial charge in [0.2, 0.25) is 5.95 Å². The summed E-state index contributed by atoms with van der Waals surface area (Å²) in [5.41, 5.74) is -0.829. The van der Waals surface area contributed by atoms with Gasteiger partial charge in [-0.05, 0) is 50.9 Å². The zero-order valence-corrected chi connectivity index (χ0v) is 20.7. The van der Waals surface area contributed by atoms with Crippen LogP contribution in [0, 0.1) is 0 Å². The molecule has 0 aliphatic carbocycles. The molecule has 2 fully saturated rings. The lowest BCUT2D eigenvalue weighted by molar-refractivity contribution is -0.137. The van der Waals surface area contributed by atoms with Crippen molar-refractivity contribution < 1.29 is 18.0 Å². The van der Waals surface area contributed by atoms with E-state index in [0.29, 0.717) is 26.2 Å². The average Bonchev–Trinajstić information content (AvgIpc) is 3.58. The molecule has 0 atom stereocenters. The Labute approximate surface area is 209 Å². The Morgan fingerprint density at radius 1 is 0.972 bits per heavy atom. The standard InChI is InChI=1S/C25H34F3N7O/c1-33(16-10-30-23(36)19-7-6-8-20(17-19)25(26,27)28)15-9-29-21-18-22(34-11-2-3-12-34)32-24(31-21)35-13-4-5-14-35/h6-8,17-18H,2-5,9-16H2,1H3,(H,30,36)(H,29,31,32). The summed E-state index contributed by atoms with van der Waals surface area (Å²) >= 11 is 0. The number of alkyl halides is 3. The molecule has 0 radical (unpaired) electrons. The van der Waals surface area contributed by atoms with E-state index >= 15 is 0 Å². The first-order valence-electron chi connectivity index (χ1n) is 12.6. The summed E-state index contributed by atoms with van der Waals surface area (Å²) in [5.74, 6) is 2.04. The summed E-state index contributed by atoms with van der Waals surface area (Å²) in [7, 11) is 1.93. The van der Waals surface area contributed by atoms with E-state index in [0.717, 1.165) is 68.7 Å². The van der Waals surface area contributed by atoms with Gasteiger partial charge in [-0.1, -0.05) is 6.07 Å². The molecule has 8 nitrogen and oxygen atoms in total. The summed E-state index contributed by atoms with van der Waals surface area (Å²) < 4.78 is 38.6. The van der Waals surface area contributed by atoms with E-state index in [-0.39, 0.29) is 5.56 Å². The van der Waals surface area contributed by atoms with Gasteiger partial charge in [0.15, 0.2) is 0 Å². The Hall–Kier alpha value is -3.08. The van der Waals surface area contributed by atoms with Gasteiger partial charge in [0, 0.05) is 64.0 Å². The van der Waals surface area contributed by atoms with Crippen LogP contribution in [0.4, 0.5) is 30.8 Å². The first kappa shape index (κ1) is 26.0. The van der Waals surface area contributed by atoms with Crippen molar-refractivity contribution in [3.8, 4) is 0 Å². The van der Waals surface area contributed by atoms with Crippen LogP contribution >= 0.6 is 0 Å². The Kier molecular flexibility index (Phi) is 8.50. The van der Waals surface area contributed by atoms with Crippen LogP contribution in [-0.2, 0) is 6.18 Å². The molecule has 11 heteroatoms. The molecule has 0 saturated carbocycles. The van der Waals surface area contributed by atoms with Crippen molar-refractivity contribution in [2.24, 2.45) is 0 Å². The zero-order chi connectivity index (χ0) is 25.5. The predicted octanol–water partition coefficient (Wildman–Crippen LogP) is 3.47. The van der Waals surface area contributed by atoms with E-state index in [1.54, 1.807) is 0 Å². The predicted molar refractivity (Wildman–Crippen MR) is 135 cm³/mol. The number of rotatable bonds is 10. The van der Waals surface area contributed by atoms with Gasteiger partial charge in [0.25, 0.3) is 5.91 Å². The molecule has 2 N–H and O–H groups in total. The number of halogens is 3. The highest BCUT2D eigenvalue weighted by atomic mass is 19.4. The zero-order valence-electron chi connectivity index (χ0n) is 20.7. The van der Waals surface area contributed by atoms with E-state index in [2.05, 4.69) is 20.4 Å². The fraction of sp³-hybridized carbons (Fsp3) is 0.560. The normalized spacial score (nSPS) is 16.1. The molecule has 4 rings (SSSR count). The summed E-state index contributed by atoms with van der Waals surface area (Å²) in [6.45, 7) is 6.27. The van der Waals surface area contributed by atoms with Gasteiger partial charge in [-0.2, -0.15) is 23.1 Å². The first-order chi connectivity index (χ1) is 17.3. The number of carbonyl (C=O) groups is 1. The number of likely N-dealkylation sites (N-methyl/N-ethyl adjacent to an activating group) is 1. The Bertz CT molecular complexity index is 987. The number of hydrogen-bond acceptors (Lipinski definition) is 7. The number of carbonyl (C=O) groups excluding carboxylic acids is 1. The summed E-state index contributed by atoms with van der Waals surface area (Å²) in [6.07, 6.45) is 0.212. The molecular formula is C25H34F3N7O. The highest BCUT2D eigenvalue weighted by Crippen LogP contribution is 2.29. The Balaban J connectivity index is 1.25. The molecule has 2 saturated heterocycles. The molecule has 1 amide bonds. The number of aromatic nitrogens is 2. The monoisotopic (exact) mass is 505 g/mol. The molecule has 1 aromatic carbocycles. The molecule has 36 heavy (non-hydrogen) atoms. The van der Waals surface area contributed by atoms with Gasteiger partial charge in [0.05, 0.1) is 5.56 Å². The van der Waals surface area contributed by atoms with Gasteiger partial charge in [-0.3, -0.25) is 4.79 Å². The number of anilines is 3. The lowest BCUT2D eigenvalue weighted by Gasteiger charge is -2.22. The molecule has 196 valence electrons. The SMILES string of the molecule is CN(CCNC(=O)c1cccc(C(F)(F)F)c1)CCNc1cc(N2CCCC2)nc(N2CCCC2)n1. The lowest BCUT2D eigenvalue weighted by Crippen LogP contribution is -2.35. The smallest absolute Gasteiger partial charge is 0.369 e. The average molecular weight is 506 g/mol. The van der Waals surface area contributed by atoms with Crippen LogP contribution in [0.2, 0.25) is 0 Å². The lowest BCUT2D eigenvalue weighted by atomic mass is 10.1. The van der Waals surface area contributed by atoms with E-state index < -0.39 is 17.6 Å². The first-order valence-corrected chi connectivity index (χ1v) is 12.6. The van der Waals surface area contributed by atoms with Gasteiger partial charge < -0.3 is 25.3 Å². The van der Waals surface area contributed by atoms with Crippen molar-refractivity contribution in [2.45, 2.75) is 31.9 Å². The second-order valence-electron chi connectivity index (χ2n) is 9.36. The fourth-order valence-electron chi connectivity index (χ4n) is 4.47. The van der Waals surface area contributed by atoms with Crippen LogP contribution in [0.25, 0.3) is 0 Å². The molecule has 0 bridgehead atoms. The van der Waals surface area contributed by atoms with Crippen LogP contribution in [0.1, 0.15) is 41.6 Å². The summed E-state index contributed by atoms with van der Waals surface area (Å²) in [4.78, 5) is 28.4. The molecule has 3 heterocycles. The van der Waals surface area contributed by atoms with Crippen molar-refractivity contribution in [3.63, 3.8) is 0 Å². The molecule has 1 aromatic heterocycles. The van der Waals surface area contributed by atoms with Crippen LogP contribution in [0.3, 0.4) is 0 Å². The third-order valence-electron chi connectivity index (χ3n) is 6.55. The minimum atomic E-state index is -4.47. The van der Waals surface area contributed by atoms with Crippen molar-refractivity contribution in [3.05, 3.63) is 41.5 Å². The topological polar surface area (TPSA) is 76.6 Å². The summed E-state index contributed by atoms with van der Waals surface area (Å²) in [6, 6.07) is 6.47. The van der Waals surface area contributed by atoms with E-state index in [9.17, 15) is 18.0 Å². The van der Waals surface area contributed by atoms with Crippen molar-refractivity contribution in [2.75, 3.05) is 74.5 Å². The third kappa shape index (κ3) is 6.99. The molecular weight excluding hydrogens is 471 g/mol. The largest absolute Gasteiger partial charge is 0.416 e. The quantitative estimate of drug-likeness (QED) is 0.512. The second-order valence-corrected chi connectivity index (χ2v) is 9.36. The van der Waals surface area contributed by atoms with E-state index in [1.807, 2.05) is 18.0 Å². The van der Waals surface area contributed by atoms with Gasteiger partial charge in [-0.25, -0.2) is 0 Å². The van der Waals surface area contributed by atoms with E-state index in [4.69, 9.17) is 9.97 Å². The minimum absolute atomic E-state index is 0.000481. The van der Waals surface area contributed by atoms with Crippen molar-refractivity contribution >= 4 is 23.5 Å². The summed E-state index contributed by atoms with van der Waals surface area (Å²) in [5, 5.41) is 6.10. The van der Waals surface area contributed by atoms with Crippen molar-refractivity contribution in [1.82, 2.24) is 20.2 Å². The van der Waals surface area contributed by atoms with Gasteiger partial charge in [0.1, 0.15) is 11.6 Å². The number of nitrogens with one attached hydrogen (secondary N) is 2. The molecule has 0 unspecified atom stereocenters. The number of hydrogen-bond donors (Lipinski definition) is 2. The molecule has 2 aliphatic rings. The van der Waals surface area contributed by atoms with Gasteiger partial charge in [-0.15, -0.1) is 0 Å². The maximum atomic E-state index is 12.9. The van der Waals surface area contributed by atoms with Crippen LogP contribution < -0.4 is 20.4 Å². The molecule has 2 aromatic rings. The number of benzene rings is 1. The number of nitrogens with zero attached hydrogens (tertiary/aromatic N) is 5. The maximum absolute atomic E-state index is 12.9. The Morgan fingerprint density at radius 2 is 1.64 bits per heavy atom. The van der Waals surface area contributed by atoms with Gasteiger partial charge >= 0.3 is 6.18 Å². The third-order valence-corrected chi connectivity index (χ3v) is 6.55. The maximum Gasteiger partial charge on any atom is 0.416 e. The Morgan fingerprint density at radius 3 is 2.33 bits per heavy atom. The fourth-order valence-corrected chi connectivity index (χ4v) is 4.47. The van der Waals surface area contributed by atoms with Crippen LogP contribution in [0.15, 0.2) is 30.3 Å². The molecule has 0 spiro atoms. The second kappa shape index (κ2) is 11.8. The minimum Gasteiger partial charge on any atom is -0.369 e. The van der Waals surface area contributed by atoms with E-state index in [1.165, 1.54) is 25.0 Å². The van der Waals surface area contributed by atoms with Crippen LogP contribution in [-0.4, -0.2) is 80.2 Å². The highest BCUT2D eigenvalue weighted by Gasteiger charge is 2.30. The highest BCUT2D eigenvalue weighted by molar-refractivity contribution is 5.94. The van der Waals surface area contributed by atoms with Crippen LogP contribution in [0.5, 0.6) is 0 Å². The number of amides is 1. The molecule has 2 aliphatic heterocycles. The van der Waals surface area contributed by atoms with Crippen molar-refractivity contribution in [1.29, 1.82) is 0 Å².